The van der Waals surface area contributed by atoms with E-state index >= 15 is 0 Å². The molecular weight excluding hydrogens is 256 g/mol. The van der Waals surface area contributed by atoms with Crippen LogP contribution in [-0.2, 0) is 0 Å². The van der Waals surface area contributed by atoms with Crippen molar-refractivity contribution in [3.63, 3.8) is 0 Å². The molecule has 2 bridgehead atoms. The van der Waals surface area contributed by atoms with Gasteiger partial charge in [-0.2, -0.15) is 0 Å². The van der Waals surface area contributed by atoms with E-state index in [0.717, 1.165) is 25.7 Å². The fourth-order valence-corrected chi connectivity index (χ4v) is 4.67. The average molecular weight is 290 g/mol. The number of aliphatic hydroxyl groups is 1. The van der Waals surface area contributed by atoms with Gasteiger partial charge in [0.15, 0.2) is 0 Å². The van der Waals surface area contributed by atoms with Gasteiger partial charge in [-0.25, -0.2) is 0 Å². The predicted octanol–water partition coefficient (Wildman–Crippen LogP) is 5.65. The highest BCUT2D eigenvalue weighted by Gasteiger charge is 2.49. The van der Waals surface area contributed by atoms with Crippen LogP contribution in [0.1, 0.15) is 79.6 Å². The molecule has 0 aliphatic heterocycles. The zero-order chi connectivity index (χ0) is 15.7. The van der Waals surface area contributed by atoms with Gasteiger partial charge in [0.2, 0.25) is 0 Å². The van der Waals surface area contributed by atoms with Crippen LogP contribution in [-0.4, -0.2) is 10.7 Å². The summed E-state index contributed by atoms with van der Waals surface area (Å²) >= 11 is 0. The van der Waals surface area contributed by atoms with Crippen LogP contribution < -0.4 is 0 Å². The number of hydrogen-bond acceptors (Lipinski definition) is 1. The van der Waals surface area contributed by atoms with Crippen LogP contribution in [0.2, 0.25) is 0 Å². The minimum atomic E-state index is -0.497. The molecule has 2 aliphatic rings. The summed E-state index contributed by atoms with van der Waals surface area (Å²) in [6.07, 6.45) is 12.8. The van der Waals surface area contributed by atoms with E-state index in [2.05, 4.69) is 46.8 Å². The maximum Gasteiger partial charge on any atom is 0.0653 e. The maximum absolute atomic E-state index is 10.9. The van der Waals surface area contributed by atoms with Crippen molar-refractivity contribution in [3.8, 4) is 0 Å². The first-order chi connectivity index (χ1) is 9.73. The van der Waals surface area contributed by atoms with Gasteiger partial charge < -0.3 is 5.11 Å². The van der Waals surface area contributed by atoms with E-state index < -0.39 is 5.60 Å². The van der Waals surface area contributed by atoms with Crippen molar-refractivity contribution in [2.24, 2.45) is 17.3 Å². The Hall–Kier alpha value is -0.560. The number of fused-ring (bicyclic) bond motifs is 2. The molecule has 1 fully saturated rings. The highest BCUT2D eigenvalue weighted by Crippen LogP contribution is 2.53. The van der Waals surface area contributed by atoms with Gasteiger partial charge in [0.05, 0.1) is 5.60 Å². The van der Waals surface area contributed by atoms with E-state index in [4.69, 9.17) is 0 Å². The lowest BCUT2D eigenvalue weighted by atomic mass is 9.54. The third-order valence-corrected chi connectivity index (χ3v) is 6.31. The van der Waals surface area contributed by atoms with Crippen molar-refractivity contribution in [1.82, 2.24) is 0 Å². The van der Waals surface area contributed by atoms with Crippen LogP contribution in [0, 0.1) is 17.3 Å². The molecule has 120 valence electrons. The van der Waals surface area contributed by atoms with Gasteiger partial charge in [-0.3, -0.25) is 0 Å². The Kier molecular flexibility index (Phi) is 5.03. The normalized spacial score (nSPS) is 42.8. The molecule has 0 spiro atoms. The number of allylic oxidation sites excluding steroid dienone is 4. The Morgan fingerprint density at radius 3 is 2.38 bits per heavy atom. The van der Waals surface area contributed by atoms with Gasteiger partial charge in [-0.05, 0) is 83.0 Å². The molecule has 3 atom stereocenters. The molecule has 0 amide bonds. The maximum atomic E-state index is 10.9. The smallest absolute Gasteiger partial charge is 0.0653 e. The standard InChI is InChI=1S/C20H34O/c1-15-7-6-8-16(2)10-12-18-19(3,4)17(11-9-15)13-14-20(18,5)21/h8-9,17-18,21H,6-7,10-14H2,1-5H3/b15-9+,16-8-. The number of rotatable bonds is 0. The second-order valence-electron chi connectivity index (χ2n) is 8.38. The zero-order valence-electron chi connectivity index (χ0n) is 14.7. The van der Waals surface area contributed by atoms with E-state index in [0.29, 0.717) is 11.8 Å². The minimum absolute atomic E-state index is 0.220. The van der Waals surface area contributed by atoms with Crippen molar-refractivity contribution >= 4 is 0 Å². The van der Waals surface area contributed by atoms with E-state index in [1.807, 2.05) is 0 Å². The summed E-state index contributed by atoms with van der Waals surface area (Å²) in [4.78, 5) is 0. The Balaban J connectivity index is 2.30. The van der Waals surface area contributed by atoms with Gasteiger partial charge in [-0.1, -0.05) is 37.1 Å². The van der Waals surface area contributed by atoms with E-state index in [1.165, 1.54) is 30.4 Å². The Bertz CT molecular complexity index is 425. The van der Waals surface area contributed by atoms with Crippen LogP contribution in [0.25, 0.3) is 0 Å². The van der Waals surface area contributed by atoms with Crippen LogP contribution in [0.3, 0.4) is 0 Å². The molecule has 0 heterocycles. The van der Waals surface area contributed by atoms with Crippen LogP contribution in [0.4, 0.5) is 0 Å². The summed E-state index contributed by atoms with van der Waals surface area (Å²) in [6.45, 7) is 11.4. The van der Waals surface area contributed by atoms with Crippen molar-refractivity contribution in [3.05, 3.63) is 23.3 Å². The molecule has 3 unspecified atom stereocenters. The molecule has 1 saturated carbocycles. The molecule has 1 nitrogen and oxygen atoms in total. The molecule has 0 saturated heterocycles. The highest BCUT2D eigenvalue weighted by atomic mass is 16.3. The van der Waals surface area contributed by atoms with Gasteiger partial charge in [0.25, 0.3) is 0 Å². The SMILES string of the molecule is C/C1=C/CC/C(C)=C/CC2CCC(C)(O)C(CC1)C2(C)C. The van der Waals surface area contributed by atoms with Gasteiger partial charge in [0.1, 0.15) is 0 Å². The second-order valence-corrected chi connectivity index (χ2v) is 8.38. The summed E-state index contributed by atoms with van der Waals surface area (Å²) in [5.74, 6) is 1.11. The van der Waals surface area contributed by atoms with E-state index in [9.17, 15) is 5.11 Å². The van der Waals surface area contributed by atoms with E-state index in [-0.39, 0.29) is 5.41 Å². The van der Waals surface area contributed by atoms with Crippen LogP contribution >= 0.6 is 0 Å². The van der Waals surface area contributed by atoms with Crippen LogP contribution in [0.5, 0.6) is 0 Å². The molecule has 1 N–H and O–H groups in total. The van der Waals surface area contributed by atoms with Crippen molar-refractivity contribution < 1.29 is 5.11 Å². The van der Waals surface area contributed by atoms with Gasteiger partial charge in [0, 0.05) is 0 Å². The Morgan fingerprint density at radius 2 is 1.67 bits per heavy atom. The quantitative estimate of drug-likeness (QED) is 0.572. The largest absolute Gasteiger partial charge is 0.390 e. The summed E-state index contributed by atoms with van der Waals surface area (Å²) in [5, 5.41) is 10.9. The van der Waals surface area contributed by atoms with Gasteiger partial charge in [-0.15, -0.1) is 0 Å². The summed E-state index contributed by atoms with van der Waals surface area (Å²) in [7, 11) is 0. The minimum Gasteiger partial charge on any atom is -0.390 e. The monoisotopic (exact) mass is 290 g/mol. The molecule has 0 aromatic heterocycles. The third kappa shape index (κ3) is 3.80. The zero-order valence-corrected chi connectivity index (χ0v) is 14.7. The highest BCUT2D eigenvalue weighted by molar-refractivity contribution is 5.09. The summed E-state index contributed by atoms with van der Waals surface area (Å²) < 4.78 is 0. The lowest BCUT2D eigenvalue weighted by Crippen LogP contribution is -2.51. The summed E-state index contributed by atoms with van der Waals surface area (Å²) in [6, 6.07) is 0. The first-order valence-electron chi connectivity index (χ1n) is 8.77. The second kappa shape index (κ2) is 6.28. The first kappa shape index (κ1) is 16.8. The molecule has 1 heteroatoms. The van der Waals surface area contributed by atoms with Crippen LogP contribution in [0.15, 0.2) is 23.3 Å². The number of hydrogen-bond donors (Lipinski definition) is 1. The third-order valence-electron chi connectivity index (χ3n) is 6.31. The Morgan fingerprint density at radius 1 is 1.00 bits per heavy atom. The fourth-order valence-electron chi connectivity index (χ4n) is 4.67. The molecule has 0 aromatic carbocycles. The lowest BCUT2D eigenvalue weighted by molar-refractivity contribution is -0.118. The van der Waals surface area contributed by atoms with Crippen molar-refractivity contribution in [2.75, 3.05) is 0 Å². The van der Waals surface area contributed by atoms with E-state index in [1.54, 1.807) is 0 Å². The molecule has 21 heavy (non-hydrogen) atoms. The molecule has 0 aromatic rings. The van der Waals surface area contributed by atoms with Crippen molar-refractivity contribution in [1.29, 1.82) is 0 Å². The molecule has 2 aliphatic carbocycles. The predicted molar refractivity (Wildman–Crippen MR) is 91.2 cm³/mol. The Labute approximate surface area is 131 Å². The topological polar surface area (TPSA) is 20.2 Å². The van der Waals surface area contributed by atoms with Crippen molar-refractivity contribution in [2.45, 2.75) is 85.2 Å². The van der Waals surface area contributed by atoms with Gasteiger partial charge >= 0.3 is 0 Å². The fraction of sp³-hybridized carbons (Fsp3) is 0.800. The molecular formula is C20H34O. The molecule has 2 rings (SSSR count). The summed E-state index contributed by atoms with van der Waals surface area (Å²) in [5.41, 5.74) is 2.75. The molecule has 0 radical (unpaired) electrons. The first-order valence-corrected chi connectivity index (χ1v) is 8.77. The lowest BCUT2D eigenvalue weighted by Gasteiger charge is -2.53. The average Bonchev–Trinajstić information content (AvgIpc) is 2.35.